The lowest BCUT2D eigenvalue weighted by molar-refractivity contribution is 0.0735. The molecule has 1 aliphatic rings. The molecule has 0 aromatic heterocycles. The Morgan fingerprint density at radius 1 is 1.12 bits per heavy atom. The van der Waals surface area contributed by atoms with E-state index in [0.717, 1.165) is 24.9 Å². The number of likely N-dealkylation sites (tertiary alicyclic amines) is 1. The molecule has 1 aliphatic heterocycles. The maximum atomic E-state index is 12.8. The maximum absolute atomic E-state index is 12.8. The van der Waals surface area contributed by atoms with E-state index < -0.39 is 6.09 Å². The molecule has 124 valence electrons. The number of benzene rings is 2. The quantitative estimate of drug-likeness (QED) is 0.941. The predicted octanol–water partition coefficient (Wildman–Crippen LogP) is 3.38. The summed E-state index contributed by atoms with van der Waals surface area (Å²) in [6.45, 7) is 0.735. The Kier molecular flexibility index (Phi) is 4.79. The molecular formula is C19H20N2O3. The summed E-state index contributed by atoms with van der Waals surface area (Å²) in [6.07, 6.45) is 1.36. The van der Waals surface area contributed by atoms with Crippen molar-refractivity contribution in [2.75, 3.05) is 13.6 Å². The van der Waals surface area contributed by atoms with Crippen LogP contribution < -0.4 is 10.1 Å². The smallest absolute Gasteiger partial charge is 0.410 e. The Morgan fingerprint density at radius 2 is 1.92 bits per heavy atom. The molecule has 0 radical (unpaired) electrons. The van der Waals surface area contributed by atoms with E-state index >= 15 is 0 Å². The van der Waals surface area contributed by atoms with E-state index in [1.165, 1.54) is 7.05 Å². The number of carbonyl (C=O) groups is 2. The first-order valence-electron chi connectivity index (χ1n) is 8.04. The molecule has 1 saturated heterocycles. The third-order valence-corrected chi connectivity index (χ3v) is 4.19. The van der Waals surface area contributed by atoms with Crippen LogP contribution in [0.3, 0.4) is 0 Å². The van der Waals surface area contributed by atoms with E-state index in [2.05, 4.69) is 5.32 Å². The molecule has 3 rings (SSSR count). The summed E-state index contributed by atoms with van der Waals surface area (Å²) >= 11 is 0. The number of carbonyl (C=O) groups excluding carboxylic acids is 2. The second-order valence-corrected chi connectivity index (χ2v) is 5.73. The van der Waals surface area contributed by atoms with Crippen molar-refractivity contribution in [2.24, 2.45) is 0 Å². The Morgan fingerprint density at radius 3 is 2.67 bits per heavy atom. The lowest BCUT2D eigenvalue weighted by Gasteiger charge is -2.25. The third kappa shape index (κ3) is 3.40. The van der Waals surface area contributed by atoms with E-state index in [4.69, 9.17) is 4.74 Å². The van der Waals surface area contributed by atoms with Crippen molar-refractivity contribution in [1.82, 2.24) is 10.2 Å². The van der Waals surface area contributed by atoms with Crippen LogP contribution in [-0.2, 0) is 0 Å². The van der Waals surface area contributed by atoms with Crippen molar-refractivity contribution in [3.8, 4) is 5.75 Å². The average Bonchev–Trinajstić information content (AvgIpc) is 3.11. The number of rotatable bonds is 3. The standard InChI is InChI=1S/C19H20N2O3/c1-20-19(23)24-16-10-5-9-15(13-16)17-11-6-12-21(17)18(22)14-7-3-2-4-8-14/h2-5,7-10,13,17H,6,11-12H2,1H3,(H,20,23). The van der Waals surface area contributed by atoms with Gasteiger partial charge in [0.05, 0.1) is 6.04 Å². The van der Waals surface area contributed by atoms with Gasteiger partial charge in [0.25, 0.3) is 5.91 Å². The normalized spacial score (nSPS) is 16.7. The van der Waals surface area contributed by atoms with Gasteiger partial charge in [-0.1, -0.05) is 30.3 Å². The number of hydrogen-bond acceptors (Lipinski definition) is 3. The highest BCUT2D eigenvalue weighted by Gasteiger charge is 2.30. The number of ether oxygens (including phenoxy) is 1. The fourth-order valence-electron chi connectivity index (χ4n) is 3.05. The zero-order chi connectivity index (χ0) is 16.9. The van der Waals surface area contributed by atoms with E-state index in [1.54, 1.807) is 6.07 Å². The molecule has 2 amide bonds. The van der Waals surface area contributed by atoms with Crippen LogP contribution in [0.5, 0.6) is 5.75 Å². The summed E-state index contributed by atoms with van der Waals surface area (Å²) in [5.74, 6) is 0.515. The van der Waals surface area contributed by atoms with Gasteiger partial charge in [-0.15, -0.1) is 0 Å². The van der Waals surface area contributed by atoms with Crippen LogP contribution in [0.2, 0.25) is 0 Å². The van der Waals surface area contributed by atoms with Crippen molar-refractivity contribution in [3.63, 3.8) is 0 Å². The molecule has 5 heteroatoms. The first-order chi connectivity index (χ1) is 11.7. The molecule has 24 heavy (non-hydrogen) atoms. The molecule has 0 spiro atoms. The van der Waals surface area contributed by atoms with Crippen LogP contribution in [-0.4, -0.2) is 30.5 Å². The molecule has 0 saturated carbocycles. The highest BCUT2D eigenvalue weighted by molar-refractivity contribution is 5.94. The maximum Gasteiger partial charge on any atom is 0.412 e. The van der Waals surface area contributed by atoms with Crippen LogP contribution in [0, 0.1) is 0 Å². The van der Waals surface area contributed by atoms with Crippen molar-refractivity contribution in [3.05, 3.63) is 65.7 Å². The minimum absolute atomic E-state index is 0.00550. The number of nitrogens with one attached hydrogen (secondary N) is 1. The molecule has 2 aromatic carbocycles. The SMILES string of the molecule is CNC(=O)Oc1cccc(C2CCCN2C(=O)c2ccccc2)c1. The van der Waals surface area contributed by atoms with E-state index in [0.29, 0.717) is 11.3 Å². The lowest BCUT2D eigenvalue weighted by Crippen LogP contribution is -2.30. The molecule has 0 aliphatic carbocycles. The Hall–Kier alpha value is -2.82. The summed E-state index contributed by atoms with van der Waals surface area (Å²) in [5.41, 5.74) is 1.68. The van der Waals surface area contributed by atoms with Crippen molar-refractivity contribution in [1.29, 1.82) is 0 Å². The fraction of sp³-hybridized carbons (Fsp3) is 0.263. The first-order valence-corrected chi connectivity index (χ1v) is 8.04. The number of amides is 2. The van der Waals surface area contributed by atoms with Crippen LogP contribution in [0.15, 0.2) is 54.6 Å². The molecule has 1 unspecified atom stereocenters. The zero-order valence-corrected chi connectivity index (χ0v) is 13.6. The van der Waals surface area contributed by atoms with Gasteiger partial charge < -0.3 is 15.0 Å². The fourth-order valence-corrected chi connectivity index (χ4v) is 3.05. The lowest BCUT2D eigenvalue weighted by atomic mass is 10.0. The van der Waals surface area contributed by atoms with Gasteiger partial charge in [-0.3, -0.25) is 4.79 Å². The highest BCUT2D eigenvalue weighted by atomic mass is 16.5. The van der Waals surface area contributed by atoms with Crippen molar-refractivity contribution >= 4 is 12.0 Å². The minimum Gasteiger partial charge on any atom is -0.410 e. The van der Waals surface area contributed by atoms with Gasteiger partial charge in [0.2, 0.25) is 0 Å². The van der Waals surface area contributed by atoms with Crippen LogP contribution in [0.4, 0.5) is 4.79 Å². The molecule has 0 bridgehead atoms. The first kappa shape index (κ1) is 16.1. The second kappa shape index (κ2) is 7.17. The summed E-state index contributed by atoms with van der Waals surface area (Å²) in [6, 6.07) is 16.7. The van der Waals surface area contributed by atoms with Gasteiger partial charge in [0.15, 0.2) is 0 Å². The number of nitrogens with zero attached hydrogens (tertiary/aromatic N) is 1. The molecule has 2 aromatic rings. The topological polar surface area (TPSA) is 58.6 Å². The van der Waals surface area contributed by atoms with Crippen LogP contribution >= 0.6 is 0 Å². The third-order valence-electron chi connectivity index (χ3n) is 4.19. The highest BCUT2D eigenvalue weighted by Crippen LogP contribution is 2.34. The molecule has 1 heterocycles. The van der Waals surface area contributed by atoms with E-state index in [9.17, 15) is 9.59 Å². The minimum atomic E-state index is -0.504. The number of hydrogen-bond donors (Lipinski definition) is 1. The summed E-state index contributed by atoms with van der Waals surface area (Å²) in [5, 5.41) is 2.43. The summed E-state index contributed by atoms with van der Waals surface area (Å²) < 4.78 is 5.19. The van der Waals surface area contributed by atoms with Crippen LogP contribution in [0.1, 0.15) is 34.8 Å². The van der Waals surface area contributed by atoms with Gasteiger partial charge in [-0.25, -0.2) is 4.79 Å². The largest absolute Gasteiger partial charge is 0.412 e. The predicted molar refractivity (Wildman–Crippen MR) is 91.0 cm³/mol. The van der Waals surface area contributed by atoms with Crippen molar-refractivity contribution in [2.45, 2.75) is 18.9 Å². The molecule has 1 fully saturated rings. The molecular weight excluding hydrogens is 304 g/mol. The summed E-state index contributed by atoms with van der Waals surface area (Å²) in [7, 11) is 1.52. The van der Waals surface area contributed by atoms with Crippen molar-refractivity contribution < 1.29 is 14.3 Å². The van der Waals surface area contributed by atoms with Gasteiger partial charge >= 0.3 is 6.09 Å². The molecule has 1 atom stereocenters. The zero-order valence-electron chi connectivity index (χ0n) is 13.6. The Bertz CT molecular complexity index is 730. The van der Waals surface area contributed by atoms with E-state index in [1.807, 2.05) is 53.4 Å². The van der Waals surface area contributed by atoms with Gasteiger partial charge in [0, 0.05) is 19.2 Å². The monoisotopic (exact) mass is 324 g/mol. The van der Waals surface area contributed by atoms with Crippen LogP contribution in [0.25, 0.3) is 0 Å². The van der Waals surface area contributed by atoms with Gasteiger partial charge in [-0.05, 0) is 42.7 Å². The van der Waals surface area contributed by atoms with Gasteiger partial charge in [0.1, 0.15) is 5.75 Å². The van der Waals surface area contributed by atoms with E-state index in [-0.39, 0.29) is 11.9 Å². The summed E-state index contributed by atoms with van der Waals surface area (Å²) in [4.78, 5) is 26.0. The van der Waals surface area contributed by atoms with Gasteiger partial charge in [-0.2, -0.15) is 0 Å². The molecule has 5 nitrogen and oxygen atoms in total. The Labute approximate surface area is 141 Å². The Balaban J connectivity index is 1.82. The average molecular weight is 324 g/mol. The second-order valence-electron chi connectivity index (χ2n) is 5.73. The molecule has 1 N–H and O–H groups in total.